The number of alkyl halides is 3. The van der Waals surface area contributed by atoms with Crippen molar-refractivity contribution in [3.63, 3.8) is 0 Å². The van der Waals surface area contributed by atoms with Crippen LogP contribution in [0.15, 0.2) is 52.2 Å². The second-order valence-corrected chi connectivity index (χ2v) is 5.24. The molecule has 0 atom stereocenters. The van der Waals surface area contributed by atoms with Crippen molar-refractivity contribution in [1.82, 2.24) is 5.01 Å². The highest BCUT2D eigenvalue weighted by Crippen LogP contribution is 2.32. The maximum Gasteiger partial charge on any atom is 0.416 e. The maximum absolute atomic E-state index is 12.8. The van der Waals surface area contributed by atoms with Crippen molar-refractivity contribution < 1.29 is 27.2 Å². The number of halogens is 3. The van der Waals surface area contributed by atoms with Gasteiger partial charge in [-0.3, -0.25) is 9.59 Å². The maximum atomic E-state index is 12.8. The summed E-state index contributed by atoms with van der Waals surface area (Å²) >= 11 is 0. The Bertz CT molecular complexity index is 816. The molecule has 6 nitrogen and oxygen atoms in total. The quantitative estimate of drug-likeness (QED) is 0.798. The monoisotopic (exact) mass is 351 g/mol. The molecule has 1 fully saturated rings. The van der Waals surface area contributed by atoms with Crippen molar-refractivity contribution in [3.05, 3.63) is 54.0 Å². The number of hydrogen-bond acceptors (Lipinski definition) is 4. The predicted molar refractivity (Wildman–Crippen MR) is 81.8 cm³/mol. The van der Waals surface area contributed by atoms with Gasteiger partial charge in [-0.25, -0.2) is 5.01 Å². The molecule has 3 rings (SSSR count). The fraction of sp³-hybridized carbons (Fsp3) is 0.188. The lowest BCUT2D eigenvalue weighted by molar-refractivity contribution is -0.138. The second-order valence-electron chi connectivity index (χ2n) is 5.24. The van der Waals surface area contributed by atoms with E-state index in [0.717, 1.165) is 22.0 Å². The van der Waals surface area contributed by atoms with Crippen molar-refractivity contribution in [3.8, 4) is 0 Å². The third-order valence-electron chi connectivity index (χ3n) is 3.52. The SMILES string of the molecule is O=C1CN(c2cccc(C(F)(F)F)c2)C(=O)CN1/N=C/c1ccco1. The van der Waals surface area contributed by atoms with Gasteiger partial charge in [-0.1, -0.05) is 6.07 Å². The number of hydrazone groups is 1. The molecule has 0 spiro atoms. The van der Waals surface area contributed by atoms with E-state index in [4.69, 9.17) is 4.42 Å². The summed E-state index contributed by atoms with van der Waals surface area (Å²) in [5.74, 6) is -0.643. The van der Waals surface area contributed by atoms with Gasteiger partial charge in [-0.15, -0.1) is 0 Å². The van der Waals surface area contributed by atoms with Gasteiger partial charge in [0, 0.05) is 5.69 Å². The van der Waals surface area contributed by atoms with Gasteiger partial charge >= 0.3 is 6.18 Å². The lowest BCUT2D eigenvalue weighted by Crippen LogP contribution is -2.52. The zero-order chi connectivity index (χ0) is 18.0. The van der Waals surface area contributed by atoms with Gasteiger partial charge in [0.05, 0.1) is 18.0 Å². The molecule has 1 aliphatic rings. The van der Waals surface area contributed by atoms with Gasteiger partial charge in [0.15, 0.2) is 0 Å². The molecule has 0 bridgehead atoms. The van der Waals surface area contributed by atoms with Crippen molar-refractivity contribution in [2.24, 2.45) is 5.10 Å². The number of nitrogens with zero attached hydrogens (tertiary/aromatic N) is 3. The van der Waals surface area contributed by atoms with Crippen LogP contribution in [0.5, 0.6) is 0 Å². The number of furan rings is 1. The molecule has 0 unspecified atom stereocenters. The van der Waals surface area contributed by atoms with Crippen LogP contribution in [0.25, 0.3) is 0 Å². The summed E-state index contributed by atoms with van der Waals surface area (Å²) in [5.41, 5.74) is -0.869. The van der Waals surface area contributed by atoms with Gasteiger partial charge in [-0.2, -0.15) is 18.3 Å². The van der Waals surface area contributed by atoms with Gasteiger partial charge in [-0.05, 0) is 30.3 Å². The van der Waals surface area contributed by atoms with Crippen molar-refractivity contribution in [2.45, 2.75) is 6.18 Å². The minimum Gasteiger partial charge on any atom is -0.463 e. The average Bonchev–Trinajstić information content (AvgIpc) is 3.08. The molecule has 2 heterocycles. The molecule has 1 aromatic carbocycles. The molecule has 130 valence electrons. The normalized spacial score (nSPS) is 16.1. The van der Waals surface area contributed by atoms with Gasteiger partial charge in [0.2, 0.25) is 5.91 Å². The number of carbonyl (C=O) groups is 2. The highest BCUT2D eigenvalue weighted by atomic mass is 19.4. The number of carbonyl (C=O) groups excluding carboxylic acids is 2. The van der Waals surface area contributed by atoms with E-state index < -0.39 is 30.1 Å². The van der Waals surface area contributed by atoms with Crippen molar-refractivity contribution >= 4 is 23.7 Å². The highest BCUT2D eigenvalue weighted by Gasteiger charge is 2.34. The number of amides is 2. The summed E-state index contributed by atoms with van der Waals surface area (Å²) in [5, 5.41) is 4.83. The van der Waals surface area contributed by atoms with Crippen molar-refractivity contribution in [1.29, 1.82) is 0 Å². The molecule has 9 heteroatoms. The van der Waals surface area contributed by atoms with Gasteiger partial charge < -0.3 is 9.32 Å². The number of rotatable bonds is 3. The molecule has 1 aromatic heterocycles. The first-order valence-electron chi connectivity index (χ1n) is 7.20. The van der Waals surface area contributed by atoms with Crippen LogP contribution in [0.1, 0.15) is 11.3 Å². The number of hydrogen-bond donors (Lipinski definition) is 0. The molecule has 2 aromatic rings. The second kappa shape index (κ2) is 6.42. The van der Waals surface area contributed by atoms with Gasteiger partial charge in [0.1, 0.15) is 18.8 Å². The molecular formula is C16H12F3N3O3. The molecule has 1 saturated heterocycles. The largest absolute Gasteiger partial charge is 0.463 e. The fourth-order valence-corrected chi connectivity index (χ4v) is 2.29. The van der Waals surface area contributed by atoms with E-state index in [1.807, 2.05) is 0 Å². The van der Waals surface area contributed by atoms with Crippen LogP contribution < -0.4 is 4.90 Å². The zero-order valence-electron chi connectivity index (χ0n) is 12.7. The Hall–Kier alpha value is -3.10. The predicted octanol–water partition coefficient (Wildman–Crippen LogP) is 2.51. The van der Waals surface area contributed by atoms with Crippen molar-refractivity contribution in [2.75, 3.05) is 18.0 Å². The van der Waals surface area contributed by atoms with E-state index in [1.54, 1.807) is 12.1 Å². The fourth-order valence-electron chi connectivity index (χ4n) is 2.29. The average molecular weight is 351 g/mol. The van der Waals surface area contributed by atoms with E-state index in [9.17, 15) is 22.8 Å². The third-order valence-corrected chi connectivity index (χ3v) is 3.52. The summed E-state index contributed by atoms with van der Waals surface area (Å²) in [7, 11) is 0. The van der Waals surface area contributed by atoms with Crippen LogP contribution in [0.2, 0.25) is 0 Å². The van der Waals surface area contributed by atoms with Crippen LogP contribution in [0.4, 0.5) is 18.9 Å². The third kappa shape index (κ3) is 3.70. The Kier molecular flexibility index (Phi) is 4.30. The summed E-state index contributed by atoms with van der Waals surface area (Å²) in [6, 6.07) is 7.54. The number of piperazine rings is 1. The van der Waals surface area contributed by atoms with E-state index >= 15 is 0 Å². The Labute approximate surface area is 140 Å². The van der Waals surface area contributed by atoms with E-state index in [-0.39, 0.29) is 12.2 Å². The zero-order valence-corrected chi connectivity index (χ0v) is 12.7. The lowest BCUT2D eigenvalue weighted by atomic mass is 10.1. The van der Waals surface area contributed by atoms with Crippen LogP contribution in [0, 0.1) is 0 Å². The Balaban J connectivity index is 1.77. The molecule has 0 aliphatic carbocycles. The lowest BCUT2D eigenvalue weighted by Gasteiger charge is -2.31. The molecule has 0 N–H and O–H groups in total. The first-order chi connectivity index (χ1) is 11.8. The molecule has 0 saturated carbocycles. The smallest absolute Gasteiger partial charge is 0.416 e. The standard InChI is InChI=1S/C16H12F3N3O3/c17-16(18,19)11-3-1-4-12(7-11)21-9-15(24)22(10-14(21)23)20-8-13-5-2-6-25-13/h1-8H,9-10H2/b20-8+. The number of benzene rings is 1. The molecular weight excluding hydrogens is 339 g/mol. The summed E-state index contributed by atoms with van der Waals surface area (Å²) in [4.78, 5) is 25.4. The van der Waals surface area contributed by atoms with E-state index in [0.29, 0.717) is 5.76 Å². The van der Waals surface area contributed by atoms with Crippen LogP contribution in [-0.4, -0.2) is 36.1 Å². The highest BCUT2D eigenvalue weighted by molar-refractivity contribution is 6.04. The summed E-state index contributed by atoms with van der Waals surface area (Å²) in [6.07, 6.45) is -1.82. The first-order valence-corrected chi connectivity index (χ1v) is 7.20. The molecule has 1 aliphatic heterocycles. The van der Waals surface area contributed by atoms with Crippen LogP contribution >= 0.6 is 0 Å². The first kappa shape index (κ1) is 16.7. The molecule has 0 radical (unpaired) electrons. The Morgan fingerprint density at radius 2 is 1.88 bits per heavy atom. The summed E-state index contributed by atoms with van der Waals surface area (Å²) < 4.78 is 43.4. The minimum atomic E-state index is -4.53. The molecule has 2 amide bonds. The van der Waals surface area contributed by atoms with E-state index in [2.05, 4.69) is 5.10 Å². The Morgan fingerprint density at radius 3 is 2.56 bits per heavy atom. The number of anilines is 1. The Morgan fingerprint density at radius 1 is 1.08 bits per heavy atom. The van der Waals surface area contributed by atoms with Crippen LogP contribution in [-0.2, 0) is 15.8 Å². The van der Waals surface area contributed by atoms with Crippen LogP contribution in [0.3, 0.4) is 0 Å². The minimum absolute atomic E-state index is 0.0165. The topological polar surface area (TPSA) is 66.1 Å². The van der Waals surface area contributed by atoms with Gasteiger partial charge in [0.25, 0.3) is 5.91 Å². The summed E-state index contributed by atoms with van der Waals surface area (Å²) in [6.45, 7) is -0.762. The molecule has 25 heavy (non-hydrogen) atoms. The van der Waals surface area contributed by atoms with E-state index in [1.165, 1.54) is 24.6 Å².